The minimum atomic E-state index is -0.428. The van der Waals surface area contributed by atoms with Crippen molar-refractivity contribution in [1.29, 1.82) is 0 Å². The van der Waals surface area contributed by atoms with Crippen molar-refractivity contribution in [2.45, 2.75) is 20.3 Å². The van der Waals surface area contributed by atoms with Crippen LogP contribution in [-0.4, -0.2) is 43.5 Å². The Balaban J connectivity index is 1.97. The van der Waals surface area contributed by atoms with E-state index in [1.165, 1.54) is 0 Å². The van der Waals surface area contributed by atoms with Crippen LogP contribution in [-0.2, 0) is 4.79 Å². The molecule has 0 radical (unpaired) electrons. The standard InChI is InChI=1S/C16H24ClN3O/c1-3-16(2,12-18)15(21)20-10-8-19(9-11-20)14-6-4-13(17)5-7-14/h4-7H,3,8-12,18H2,1-2H3. The first-order valence-corrected chi connectivity index (χ1v) is 7.88. The van der Waals surface area contributed by atoms with E-state index in [9.17, 15) is 4.79 Å². The van der Waals surface area contributed by atoms with Crippen molar-refractivity contribution >= 4 is 23.2 Å². The summed E-state index contributed by atoms with van der Waals surface area (Å²) in [4.78, 5) is 16.8. The van der Waals surface area contributed by atoms with Crippen molar-refractivity contribution < 1.29 is 4.79 Å². The number of anilines is 1. The Morgan fingerprint density at radius 2 is 1.81 bits per heavy atom. The lowest BCUT2D eigenvalue weighted by Crippen LogP contribution is -2.54. The molecule has 0 saturated carbocycles. The van der Waals surface area contributed by atoms with Crippen LogP contribution in [0.1, 0.15) is 20.3 Å². The first-order chi connectivity index (χ1) is 10.00. The van der Waals surface area contributed by atoms with Gasteiger partial charge in [-0.2, -0.15) is 0 Å². The van der Waals surface area contributed by atoms with Gasteiger partial charge in [-0.05, 0) is 37.6 Å². The second-order valence-electron chi connectivity index (χ2n) is 5.87. The second-order valence-corrected chi connectivity index (χ2v) is 6.31. The summed E-state index contributed by atoms with van der Waals surface area (Å²) >= 11 is 5.91. The average Bonchev–Trinajstić information content (AvgIpc) is 2.54. The van der Waals surface area contributed by atoms with E-state index in [1.807, 2.05) is 43.0 Å². The fourth-order valence-corrected chi connectivity index (χ4v) is 2.71. The van der Waals surface area contributed by atoms with Gasteiger partial charge < -0.3 is 15.5 Å². The van der Waals surface area contributed by atoms with Gasteiger partial charge in [0.15, 0.2) is 0 Å². The molecule has 1 heterocycles. The Morgan fingerprint density at radius 3 is 2.29 bits per heavy atom. The number of carbonyl (C=O) groups excluding carboxylic acids is 1. The minimum absolute atomic E-state index is 0.184. The molecule has 1 fully saturated rings. The Morgan fingerprint density at radius 1 is 1.24 bits per heavy atom. The van der Waals surface area contributed by atoms with Gasteiger partial charge in [0.2, 0.25) is 5.91 Å². The largest absolute Gasteiger partial charge is 0.368 e. The number of rotatable bonds is 4. The van der Waals surface area contributed by atoms with Gasteiger partial charge in [0.1, 0.15) is 0 Å². The summed E-state index contributed by atoms with van der Waals surface area (Å²) in [5.41, 5.74) is 6.52. The van der Waals surface area contributed by atoms with Gasteiger partial charge in [0.25, 0.3) is 0 Å². The average molecular weight is 310 g/mol. The van der Waals surface area contributed by atoms with E-state index in [0.29, 0.717) is 6.54 Å². The molecule has 1 aliphatic heterocycles. The van der Waals surface area contributed by atoms with Crippen molar-refractivity contribution in [1.82, 2.24) is 4.90 Å². The molecule has 0 aromatic heterocycles. The van der Waals surface area contributed by atoms with E-state index >= 15 is 0 Å². The van der Waals surface area contributed by atoms with E-state index in [0.717, 1.165) is 43.3 Å². The van der Waals surface area contributed by atoms with Crippen LogP contribution in [0.15, 0.2) is 24.3 Å². The highest BCUT2D eigenvalue weighted by molar-refractivity contribution is 6.30. The first-order valence-electron chi connectivity index (χ1n) is 7.50. The van der Waals surface area contributed by atoms with Crippen LogP contribution in [0, 0.1) is 5.41 Å². The van der Waals surface area contributed by atoms with Gasteiger partial charge >= 0.3 is 0 Å². The topological polar surface area (TPSA) is 49.6 Å². The highest BCUT2D eigenvalue weighted by atomic mass is 35.5. The molecule has 1 unspecified atom stereocenters. The summed E-state index contributed by atoms with van der Waals surface area (Å²) < 4.78 is 0. The molecule has 1 amide bonds. The number of amides is 1. The Bertz CT molecular complexity index is 477. The van der Waals surface area contributed by atoms with Crippen molar-refractivity contribution in [3.63, 3.8) is 0 Å². The highest BCUT2D eigenvalue weighted by Crippen LogP contribution is 2.25. The SMILES string of the molecule is CCC(C)(CN)C(=O)N1CCN(c2ccc(Cl)cc2)CC1. The number of piperazine rings is 1. The number of benzene rings is 1. The third-order valence-electron chi connectivity index (χ3n) is 4.51. The fourth-order valence-electron chi connectivity index (χ4n) is 2.58. The van der Waals surface area contributed by atoms with Crippen molar-refractivity contribution in [2.75, 3.05) is 37.6 Å². The van der Waals surface area contributed by atoms with Crippen LogP contribution in [0.25, 0.3) is 0 Å². The Kier molecular flexibility index (Phi) is 5.12. The lowest BCUT2D eigenvalue weighted by atomic mass is 9.86. The molecule has 1 aromatic carbocycles. The van der Waals surface area contributed by atoms with Gasteiger partial charge in [-0.25, -0.2) is 0 Å². The molecule has 2 rings (SSSR count). The van der Waals surface area contributed by atoms with E-state index in [4.69, 9.17) is 17.3 Å². The number of hydrogen-bond donors (Lipinski definition) is 1. The van der Waals surface area contributed by atoms with Gasteiger partial charge in [0.05, 0.1) is 5.41 Å². The van der Waals surface area contributed by atoms with Crippen LogP contribution >= 0.6 is 11.6 Å². The van der Waals surface area contributed by atoms with Crippen molar-refractivity contribution in [3.05, 3.63) is 29.3 Å². The summed E-state index contributed by atoms with van der Waals surface area (Å²) in [5, 5.41) is 0.745. The molecule has 1 aliphatic rings. The highest BCUT2D eigenvalue weighted by Gasteiger charge is 2.35. The predicted molar refractivity (Wildman–Crippen MR) is 87.7 cm³/mol. The Labute approximate surface area is 131 Å². The lowest BCUT2D eigenvalue weighted by Gasteiger charge is -2.40. The maximum absolute atomic E-state index is 12.6. The number of carbonyl (C=O) groups is 1. The van der Waals surface area contributed by atoms with E-state index in [1.54, 1.807) is 0 Å². The monoisotopic (exact) mass is 309 g/mol. The maximum Gasteiger partial charge on any atom is 0.229 e. The normalized spacial score (nSPS) is 18.5. The maximum atomic E-state index is 12.6. The second kappa shape index (κ2) is 6.67. The van der Waals surface area contributed by atoms with Crippen molar-refractivity contribution in [2.24, 2.45) is 11.1 Å². The third kappa shape index (κ3) is 3.50. The zero-order chi connectivity index (χ0) is 15.5. The minimum Gasteiger partial charge on any atom is -0.368 e. The quantitative estimate of drug-likeness (QED) is 0.929. The molecular weight excluding hydrogens is 286 g/mol. The van der Waals surface area contributed by atoms with E-state index in [2.05, 4.69) is 4.90 Å². The number of hydrogen-bond acceptors (Lipinski definition) is 3. The van der Waals surface area contributed by atoms with Crippen LogP contribution < -0.4 is 10.6 Å². The smallest absolute Gasteiger partial charge is 0.229 e. The molecule has 0 aliphatic carbocycles. The van der Waals surface area contributed by atoms with E-state index < -0.39 is 5.41 Å². The molecule has 21 heavy (non-hydrogen) atoms. The van der Waals surface area contributed by atoms with Crippen LogP contribution in [0.4, 0.5) is 5.69 Å². The zero-order valence-electron chi connectivity index (χ0n) is 12.8. The summed E-state index contributed by atoms with van der Waals surface area (Å²) in [5.74, 6) is 0.184. The number of nitrogens with two attached hydrogens (primary N) is 1. The van der Waals surface area contributed by atoms with Crippen LogP contribution in [0.3, 0.4) is 0 Å². The van der Waals surface area contributed by atoms with Gasteiger partial charge in [-0.15, -0.1) is 0 Å². The molecule has 0 bridgehead atoms. The zero-order valence-corrected chi connectivity index (χ0v) is 13.6. The van der Waals surface area contributed by atoms with Gasteiger partial charge in [-0.3, -0.25) is 4.79 Å². The van der Waals surface area contributed by atoms with E-state index in [-0.39, 0.29) is 5.91 Å². The summed E-state index contributed by atoms with van der Waals surface area (Å²) in [7, 11) is 0. The predicted octanol–water partition coefficient (Wildman–Crippen LogP) is 2.36. The molecule has 1 aromatic rings. The molecule has 0 spiro atoms. The molecule has 116 valence electrons. The summed E-state index contributed by atoms with van der Waals surface area (Å²) in [6.07, 6.45) is 0.778. The van der Waals surface area contributed by atoms with Crippen LogP contribution in [0.2, 0.25) is 5.02 Å². The van der Waals surface area contributed by atoms with Gasteiger partial charge in [-0.1, -0.05) is 18.5 Å². The van der Waals surface area contributed by atoms with Gasteiger partial charge in [0, 0.05) is 43.4 Å². The number of halogens is 1. The molecule has 5 heteroatoms. The van der Waals surface area contributed by atoms with Crippen LogP contribution in [0.5, 0.6) is 0 Å². The summed E-state index contributed by atoms with van der Waals surface area (Å²) in [6.45, 7) is 7.57. The fraction of sp³-hybridized carbons (Fsp3) is 0.562. The number of nitrogens with zero attached hydrogens (tertiary/aromatic N) is 2. The molecule has 2 N–H and O–H groups in total. The first kappa shape index (κ1) is 16.1. The molecule has 4 nitrogen and oxygen atoms in total. The third-order valence-corrected chi connectivity index (χ3v) is 4.76. The Hall–Kier alpha value is -1.26. The summed E-state index contributed by atoms with van der Waals surface area (Å²) in [6, 6.07) is 7.85. The molecule has 1 saturated heterocycles. The van der Waals surface area contributed by atoms with Crippen molar-refractivity contribution in [3.8, 4) is 0 Å². The molecular formula is C16H24ClN3O. The molecule has 1 atom stereocenters. The lowest BCUT2D eigenvalue weighted by molar-refractivity contribution is -0.141.